The molecule has 1 saturated heterocycles. The zero-order valence-corrected chi connectivity index (χ0v) is 14.1. The predicted octanol–water partition coefficient (Wildman–Crippen LogP) is 3.83. The lowest BCUT2D eigenvalue weighted by atomic mass is 9.85. The van der Waals surface area contributed by atoms with Gasteiger partial charge in [-0.1, -0.05) is 51.8 Å². The largest absolute Gasteiger partial charge is 0.376 e. The minimum Gasteiger partial charge on any atom is -0.376 e. The van der Waals surface area contributed by atoms with Gasteiger partial charge in [-0.05, 0) is 24.7 Å². The standard InChI is InChI=1S/C16H30N2OS/c1-16(2,3)14-9-12-20-15(18-14)17-10-11-19-13-7-5-4-6-8-13/h13-14H,4-12H2,1-3H3,(H,17,18). The number of rotatable bonds is 4. The maximum atomic E-state index is 5.92. The first-order valence-corrected chi connectivity index (χ1v) is 9.09. The second-order valence-corrected chi connectivity index (χ2v) is 8.10. The zero-order valence-electron chi connectivity index (χ0n) is 13.3. The number of hydrogen-bond acceptors (Lipinski definition) is 3. The van der Waals surface area contributed by atoms with Crippen LogP contribution in [0.3, 0.4) is 0 Å². The van der Waals surface area contributed by atoms with Gasteiger partial charge in [0.15, 0.2) is 5.17 Å². The number of thioether (sulfide) groups is 1. The molecular formula is C16H30N2OS. The summed E-state index contributed by atoms with van der Waals surface area (Å²) in [5, 5.41) is 4.70. The lowest BCUT2D eigenvalue weighted by molar-refractivity contribution is 0.0335. The summed E-state index contributed by atoms with van der Waals surface area (Å²) in [6, 6.07) is 0.543. The first-order chi connectivity index (χ1) is 9.55. The molecule has 0 aromatic carbocycles. The Morgan fingerprint density at radius 3 is 2.65 bits per heavy atom. The molecule has 1 atom stereocenters. The lowest BCUT2D eigenvalue weighted by Gasteiger charge is -2.35. The van der Waals surface area contributed by atoms with Crippen LogP contribution in [0.15, 0.2) is 4.99 Å². The molecular weight excluding hydrogens is 268 g/mol. The Bertz CT molecular complexity index is 319. The van der Waals surface area contributed by atoms with Crippen molar-refractivity contribution in [1.29, 1.82) is 0 Å². The Morgan fingerprint density at radius 2 is 1.95 bits per heavy atom. The van der Waals surface area contributed by atoms with Gasteiger partial charge in [-0.3, -0.25) is 4.99 Å². The molecule has 1 unspecified atom stereocenters. The number of hydrogen-bond donors (Lipinski definition) is 1. The van der Waals surface area contributed by atoms with Crippen LogP contribution < -0.4 is 5.32 Å². The van der Waals surface area contributed by atoms with E-state index in [-0.39, 0.29) is 0 Å². The van der Waals surface area contributed by atoms with Gasteiger partial charge < -0.3 is 10.1 Å². The van der Waals surface area contributed by atoms with Crippen molar-refractivity contribution >= 4 is 16.9 Å². The molecule has 4 heteroatoms. The molecule has 0 amide bonds. The van der Waals surface area contributed by atoms with Crippen molar-refractivity contribution in [3.63, 3.8) is 0 Å². The molecule has 0 aromatic heterocycles. The van der Waals surface area contributed by atoms with Crippen molar-refractivity contribution in [3.05, 3.63) is 0 Å². The number of aliphatic imine (C=N–C) groups is 1. The SMILES string of the molecule is CC(C)(C)C1CCSC(=NCCOC2CCCCC2)N1. The third-order valence-electron chi connectivity index (χ3n) is 4.24. The van der Waals surface area contributed by atoms with E-state index < -0.39 is 0 Å². The van der Waals surface area contributed by atoms with Crippen molar-refractivity contribution in [2.45, 2.75) is 71.4 Å². The summed E-state index contributed by atoms with van der Waals surface area (Å²) in [5.74, 6) is 1.18. The van der Waals surface area contributed by atoms with Crippen LogP contribution in [-0.2, 0) is 4.74 Å². The minimum atomic E-state index is 0.306. The van der Waals surface area contributed by atoms with Crippen LogP contribution in [0.4, 0.5) is 0 Å². The van der Waals surface area contributed by atoms with Crippen LogP contribution in [0.5, 0.6) is 0 Å². The molecule has 2 rings (SSSR count). The molecule has 0 aromatic rings. The average Bonchev–Trinajstić information content (AvgIpc) is 2.44. The van der Waals surface area contributed by atoms with E-state index >= 15 is 0 Å². The molecule has 0 radical (unpaired) electrons. The smallest absolute Gasteiger partial charge is 0.156 e. The Balaban J connectivity index is 1.68. The fourth-order valence-electron chi connectivity index (χ4n) is 2.88. The van der Waals surface area contributed by atoms with Gasteiger partial charge in [-0.15, -0.1) is 0 Å². The molecule has 116 valence electrons. The average molecular weight is 298 g/mol. The molecule has 3 nitrogen and oxygen atoms in total. The van der Waals surface area contributed by atoms with Crippen LogP contribution in [-0.4, -0.2) is 36.2 Å². The quantitative estimate of drug-likeness (QED) is 0.801. The summed E-state index contributed by atoms with van der Waals surface area (Å²) in [7, 11) is 0. The van der Waals surface area contributed by atoms with Crippen molar-refractivity contribution < 1.29 is 4.74 Å². The highest BCUT2D eigenvalue weighted by Gasteiger charge is 2.28. The monoisotopic (exact) mass is 298 g/mol. The first-order valence-electron chi connectivity index (χ1n) is 8.11. The van der Waals surface area contributed by atoms with Crippen LogP contribution in [0.2, 0.25) is 0 Å². The van der Waals surface area contributed by atoms with Gasteiger partial charge >= 0.3 is 0 Å². The fraction of sp³-hybridized carbons (Fsp3) is 0.938. The van der Waals surface area contributed by atoms with E-state index in [0.29, 0.717) is 17.6 Å². The Morgan fingerprint density at radius 1 is 1.20 bits per heavy atom. The van der Waals surface area contributed by atoms with E-state index in [0.717, 1.165) is 18.3 Å². The number of amidine groups is 1. The Hall–Kier alpha value is -0.220. The number of nitrogens with zero attached hydrogens (tertiary/aromatic N) is 1. The van der Waals surface area contributed by atoms with Gasteiger partial charge in [0.2, 0.25) is 0 Å². The molecule has 1 aliphatic carbocycles. The van der Waals surface area contributed by atoms with Gasteiger partial charge in [0.05, 0.1) is 19.3 Å². The molecule has 20 heavy (non-hydrogen) atoms. The molecule has 2 fully saturated rings. The first kappa shape index (κ1) is 16.2. The maximum Gasteiger partial charge on any atom is 0.156 e. The summed E-state index contributed by atoms with van der Waals surface area (Å²) in [4.78, 5) is 4.67. The number of ether oxygens (including phenoxy) is 1. The Kier molecular flexibility index (Phi) is 6.21. The van der Waals surface area contributed by atoms with E-state index in [4.69, 9.17) is 4.74 Å². The molecule has 1 N–H and O–H groups in total. The normalized spacial score (nSPS) is 27.6. The van der Waals surface area contributed by atoms with Crippen LogP contribution >= 0.6 is 11.8 Å². The second-order valence-electron chi connectivity index (χ2n) is 7.02. The summed E-state index contributed by atoms with van der Waals surface area (Å²) in [5.41, 5.74) is 0.306. The summed E-state index contributed by atoms with van der Waals surface area (Å²) in [6.07, 6.45) is 8.28. The Labute approximate surface area is 128 Å². The molecule has 0 bridgehead atoms. The molecule has 1 heterocycles. The van der Waals surface area contributed by atoms with E-state index in [1.807, 2.05) is 11.8 Å². The van der Waals surface area contributed by atoms with E-state index in [2.05, 4.69) is 31.1 Å². The topological polar surface area (TPSA) is 33.6 Å². The summed E-state index contributed by atoms with van der Waals surface area (Å²) < 4.78 is 5.92. The summed E-state index contributed by atoms with van der Waals surface area (Å²) in [6.45, 7) is 8.46. The van der Waals surface area contributed by atoms with Gasteiger partial charge in [0.1, 0.15) is 0 Å². The molecule has 1 aliphatic heterocycles. The summed E-state index contributed by atoms with van der Waals surface area (Å²) >= 11 is 1.85. The van der Waals surface area contributed by atoms with Gasteiger partial charge in [0, 0.05) is 11.8 Å². The lowest BCUT2D eigenvalue weighted by Crippen LogP contribution is -2.46. The molecule has 0 spiro atoms. The highest BCUT2D eigenvalue weighted by atomic mass is 32.2. The molecule has 2 aliphatic rings. The van der Waals surface area contributed by atoms with E-state index in [9.17, 15) is 0 Å². The van der Waals surface area contributed by atoms with Gasteiger partial charge in [-0.25, -0.2) is 0 Å². The number of nitrogens with one attached hydrogen (secondary N) is 1. The highest BCUT2D eigenvalue weighted by Crippen LogP contribution is 2.27. The van der Waals surface area contributed by atoms with Crippen molar-refractivity contribution in [3.8, 4) is 0 Å². The van der Waals surface area contributed by atoms with Gasteiger partial charge in [0.25, 0.3) is 0 Å². The van der Waals surface area contributed by atoms with Crippen molar-refractivity contribution in [2.75, 3.05) is 18.9 Å². The van der Waals surface area contributed by atoms with Crippen LogP contribution in [0, 0.1) is 5.41 Å². The van der Waals surface area contributed by atoms with Crippen molar-refractivity contribution in [2.24, 2.45) is 10.4 Å². The van der Waals surface area contributed by atoms with E-state index in [1.165, 1.54) is 44.3 Å². The molecule has 1 saturated carbocycles. The maximum absolute atomic E-state index is 5.92. The van der Waals surface area contributed by atoms with E-state index in [1.54, 1.807) is 0 Å². The van der Waals surface area contributed by atoms with Crippen LogP contribution in [0.25, 0.3) is 0 Å². The zero-order chi connectivity index (χ0) is 14.4. The highest BCUT2D eigenvalue weighted by molar-refractivity contribution is 8.13. The van der Waals surface area contributed by atoms with Crippen molar-refractivity contribution in [1.82, 2.24) is 5.32 Å². The predicted molar refractivity (Wildman–Crippen MR) is 88.6 cm³/mol. The third kappa shape index (κ3) is 5.28. The third-order valence-corrected chi connectivity index (χ3v) is 5.20. The minimum absolute atomic E-state index is 0.306. The fourth-order valence-corrected chi connectivity index (χ4v) is 3.83. The second kappa shape index (κ2) is 7.69. The van der Waals surface area contributed by atoms with Gasteiger partial charge in [-0.2, -0.15) is 0 Å². The van der Waals surface area contributed by atoms with Crippen LogP contribution in [0.1, 0.15) is 59.3 Å².